The van der Waals surface area contributed by atoms with Crippen LogP contribution in [0.5, 0.6) is 5.75 Å². The van der Waals surface area contributed by atoms with Crippen LogP contribution in [-0.2, 0) is 11.2 Å². The molecule has 0 atom stereocenters. The maximum atomic E-state index is 12.5. The van der Waals surface area contributed by atoms with Crippen molar-refractivity contribution in [1.82, 2.24) is 20.1 Å². The normalized spacial score (nSPS) is 14.5. The topological polar surface area (TPSA) is 102 Å². The largest absolute Gasteiger partial charge is 0.573 e. The van der Waals surface area contributed by atoms with Crippen LogP contribution < -0.4 is 15.0 Å². The van der Waals surface area contributed by atoms with Crippen molar-refractivity contribution in [3.05, 3.63) is 90.3 Å². The summed E-state index contributed by atoms with van der Waals surface area (Å²) in [6.07, 6.45) is -2.78. The molecule has 0 spiro atoms. The molecule has 3 aromatic carbocycles. The Balaban J connectivity index is 1.19. The van der Waals surface area contributed by atoms with Gasteiger partial charge in [-0.05, 0) is 60.9 Å². The number of thioether (sulfide) groups is 1. The summed E-state index contributed by atoms with van der Waals surface area (Å²) in [4.78, 5) is 34.9. The van der Waals surface area contributed by atoms with Crippen LogP contribution in [0.15, 0.2) is 84.1 Å². The number of carbonyl (C=O) groups is 2. The summed E-state index contributed by atoms with van der Waals surface area (Å²) < 4.78 is 42.5. The zero-order chi connectivity index (χ0) is 29.0. The molecule has 2 heterocycles. The van der Waals surface area contributed by atoms with Crippen molar-refractivity contribution in [2.45, 2.75) is 19.7 Å². The second-order valence-corrected chi connectivity index (χ2v) is 9.88. The van der Waals surface area contributed by atoms with Gasteiger partial charge >= 0.3 is 12.4 Å². The summed E-state index contributed by atoms with van der Waals surface area (Å²) in [5, 5.41) is 7.54. The molecule has 0 aliphatic carbocycles. The van der Waals surface area contributed by atoms with E-state index in [1.165, 1.54) is 51.9 Å². The number of carbonyl (C=O) groups excluding carboxylic acids is 2. The maximum Gasteiger partial charge on any atom is 0.573 e. The minimum Gasteiger partial charge on any atom is -0.406 e. The molecule has 1 aromatic heterocycles. The van der Waals surface area contributed by atoms with Crippen LogP contribution in [-0.4, -0.2) is 50.5 Å². The number of nitrogens with one attached hydrogen (secondary N) is 1. The number of urea groups is 1. The number of hydrogen-bond donors (Lipinski definition) is 1. The van der Waals surface area contributed by atoms with Gasteiger partial charge in [0.15, 0.2) is 11.0 Å². The number of para-hydroxylation sites is 1. The maximum absolute atomic E-state index is 12.5. The Kier molecular flexibility index (Phi) is 8.06. The lowest BCUT2D eigenvalue weighted by Gasteiger charge is -2.18. The quantitative estimate of drug-likeness (QED) is 0.309. The molecule has 41 heavy (non-hydrogen) atoms. The van der Waals surface area contributed by atoms with E-state index >= 15 is 0 Å². The number of aliphatic imine (C=N–C) groups is 1. The Labute approximate surface area is 237 Å². The van der Waals surface area contributed by atoms with Crippen molar-refractivity contribution >= 4 is 34.6 Å². The number of hydrogen-bond acceptors (Lipinski definition) is 6. The van der Waals surface area contributed by atoms with E-state index in [0.717, 1.165) is 16.7 Å². The van der Waals surface area contributed by atoms with Crippen LogP contribution in [0.1, 0.15) is 11.1 Å². The van der Waals surface area contributed by atoms with E-state index in [4.69, 9.17) is 0 Å². The molecule has 0 radical (unpaired) electrons. The van der Waals surface area contributed by atoms with Crippen LogP contribution in [0, 0.1) is 6.92 Å². The lowest BCUT2D eigenvalue weighted by atomic mass is 10.1. The van der Waals surface area contributed by atoms with Gasteiger partial charge in [0.25, 0.3) is 0 Å². The second kappa shape index (κ2) is 11.8. The van der Waals surface area contributed by atoms with Gasteiger partial charge in [0.1, 0.15) is 12.1 Å². The fourth-order valence-electron chi connectivity index (χ4n) is 4.12. The highest BCUT2D eigenvalue weighted by atomic mass is 32.2. The predicted molar refractivity (Wildman–Crippen MR) is 149 cm³/mol. The molecule has 1 aliphatic heterocycles. The number of aromatic nitrogens is 3. The molecule has 210 valence electrons. The molecule has 9 nitrogen and oxygen atoms in total. The molecule has 0 saturated carbocycles. The van der Waals surface area contributed by atoms with Crippen LogP contribution in [0.25, 0.3) is 17.1 Å². The van der Waals surface area contributed by atoms with E-state index < -0.39 is 12.4 Å². The Bertz CT molecular complexity index is 1600. The van der Waals surface area contributed by atoms with Gasteiger partial charge in [-0.15, -0.1) is 18.3 Å². The standard InChI is InChI=1S/C28H23F3N6O3S/c1-18-5-2-3-8-23(18)37-24(38)16-41-27(37)34-26(39)32-14-13-19-6-4-7-20(15-19)25-33-17-36(35-25)21-9-11-22(12-10-21)40-28(29,30)31/h2-12,15,17H,13-14,16H2,1H3,(H,32,39)/b34-27-. The van der Waals surface area contributed by atoms with Crippen LogP contribution in [0.4, 0.5) is 23.7 Å². The van der Waals surface area contributed by atoms with E-state index in [-0.39, 0.29) is 17.4 Å². The van der Waals surface area contributed by atoms with Gasteiger partial charge < -0.3 is 10.1 Å². The lowest BCUT2D eigenvalue weighted by Crippen LogP contribution is -2.32. The Morgan fingerprint density at radius 3 is 2.63 bits per heavy atom. The summed E-state index contributed by atoms with van der Waals surface area (Å²) in [7, 11) is 0. The van der Waals surface area contributed by atoms with Gasteiger partial charge in [-0.1, -0.05) is 48.2 Å². The Hall–Kier alpha value is -4.65. The van der Waals surface area contributed by atoms with Crippen molar-refractivity contribution in [3.63, 3.8) is 0 Å². The third-order valence-corrected chi connectivity index (χ3v) is 6.94. The highest BCUT2D eigenvalue weighted by molar-refractivity contribution is 8.15. The van der Waals surface area contributed by atoms with Gasteiger partial charge in [-0.25, -0.2) is 14.5 Å². The minimum absolute atomic E-state index is 0.129. The zero-order valence-corrected chi connectivity index (χ0v) is 22.4. The van der Waals surface area contributed by atoms with Crippen LogP contribution in [0.2, 0.25) is 0 Å². The van der Waals surface area contributed by atoms with Gasteiger partial charge in [-0.2, -0.15) is 4.99 Å². The number of aryl methyl sites for hydroxylation is 1. The van der Waals surface area contributed by atoms with Gasteiger partial charge in [0.05, 0.1) is 17.1 Å². The number of amides is 3. The summed E-state index contributed by atoms with van der Waals surface area (Å²) in [6.45, 7) is 2.21. The average molecular weight is 581 g/mol. The van der Waals surface area contributed by atoms with E-state index in [1.807, 2.05) is 55.5 Å². The van der Waals surface area contributed by atoms with Gasteiger partial charge in [0.2, 0.25) is 5.91 Å². The first-order valence-electron chi connectivity index (χ1n) is 12.4. The fraction of sp³-hybridized carbons (Fsp3) is 0.179. The average Bonchev–Trinajstić information content (AvgIpc) is 3.56. The summed E-state index contributed by atoms with van der Waals surface area (Å²) in [6, 6.07) is 19.7. The monoisotopic (exact) mass is 580 g/mol. The zero-order valence-electron chi connectivity index (χ0n) is 21.6. The van der Waals surface area contributed by atoms with Crippen molar-refractivity contribution in [3.8, 4) is 22.8 Å². The smallest absolute Gasteiger partial charge is 0.406 e. The molecule has 4 aromatic rings. The fourth-order valence-corrected chi connectivity index (χ4v) is 4.98. The van der Waals surface area contributed by atoms with Crippen molar-refractivity contribution < 1.29 is 27.5 Å². The van der Waals surface area contributed by atoms with Crippen molar-refractivity contribution in [1.29, 1.82) is 0 Å². The number of ether oxygens (including phenoxy) is 1. The molecule has 0 bridgehead atoms. The molecule has 1 fully saturated rings. The first-order valence-corrected chi connectivity index (χ1v) is 13.4. The lowest BCUT2D eigenvalue weighted by molar-refractivity contribution is -0.274. The number of nitrogens with zero attached hydrogens (tertiary/aromatic N) is 5. The van der Waals surface area contributed by atoms with Crippen molar-refractivity contribution in [2.75, 3.05) is 17.2 Å². The Morgan fingerprint density at radius 1 is 1.10 bits per heavy atom. The van der Waals surface area contributed by atoms with E-state index in [2.05, 4.69) is 25.1 Å². The highest BCUT2D eigenvalue weighted by Gasteiger charge is 2.32. The summed E-state index contributed by atoms with van der Waals surface area (Å²) >= 11 is 1.22. The molecule has 0 unspecified atom stereocenters. The minimum atomic E-state index is -4.76. The third-order valence-electron chi connectivity index (χ3n) is 6.02. The SMILES string of the molecule is Cc1ccccc1N1C(=O)CS/C1=N\C(=O)NCCc1cccc(-c2ncn(-c3ccc(OC(F)(F)F)cc3)n2)c1. The van der Waals surface area contributed by atoms with Crippen molar-refractivity contribution in [2.24, 2.45) is 4.99 Å². The first-order chi connectivity index (χ1) is 19.7. The number of halogens is 3. The molecular weight excluding hydrogens is 557 g/mol. The highest BCUT2D eigenvalue weighted by Crippen LogP contribution is 2.29. The number of amidine groups is 1. The molecule has 3 amide bonds. The van der Waals surface area contributed by atoms with Crippen LogP contribution >= 0.6 is 11.8 Å². The van der Waals surface area contributed by atoms with E-state index in [1.54, 1.807) is 0 Å². The second-order valence-electron chi connectivity index (χ2n) is 8.94. The van der Waals surface area contributed by atoms with Gasteiger partial charge in [-0.3, -0.25) is 9.69 Å². The predicted octanol–water partition coefficient (Wildman–Crippen LogP) is 5.53. The number of benzene rings is 3. The molecule has 1 saturated heterocycles. The molecule has 1 N–H and O–H groups in total. The molecular formula is C28H23F3N6O3S. The molecule has 13 heteroatoms. The molecule has 1 aliphatic rings. The van der Waals surface area contributed by atoms with E-state index in [9.17, 15) is 22.8 Å². The third kappa shape index (κ3) is 6.92. The first kappa shape index (κ1) is 27.9. The van der Waals surface area contributed by atoms with Gasteiger partial charge in [0, 0.05) is 12.1 Å². The molecule has 5 rings (SSSR count). The number of anilines is 1. The summed E-state index contributed by atoms with van der Waals surface area (Å²) in [5.74, 6) is 0.189. The van der Waals surface area contributed by atoms with Crippen LogP contribution in [0.3, 0.4) is 0 Å². The Morgan fingerprint density at radius 2 is 1.88 bits per heavy atom. The van der Waals surface area contributed by atoms with E-state index in [0.29, 0.717) is 35.3 Å². The number of alkyl halides is 3. The number of rotatable bonds is 7. The summed E-state index contributed by atoms with van der Waals surface area (Å²) in [5.41, 5.74) is 3.78.